The molecular formula is C14H23N5O7S. The number of piperidine rings is 2. The van der Waals surface area contributed by atoms with Crippen LogP contribution in [0.1, 0.15) is 32.1 Å². The van der Waals surface area contributed by atoms with Crippen LogP contribution in [0.5, 0.6) is 0 Å². The first-order chi connectivity index (χ1) is 12.7. The zero-order valence-electron chi connectivity index (χ0n) is 14.6. The van der Waals surface area contributed by atoms with Gasteiger partial charge in [0.2, 0.25) is 5.91 Å². The Morgan fingerprint density at radius 1 is 1.19 bits per heavy atom. The number of amides is 4. The van der Waals surface area contributed by atoms with E-state index in [9.17, 15) is 22.8 Å². The Labute approximate surface area is 156 Å². The van der Waals surface area contributed by atoms with Crippen molar-refractivity contribution in [2.45, 2.75) is 44.2 Å². The van der Waals surface area contributed by atoms with Crippen molar-refractivity contribution in [3.05, 3.63) is 0 Å². The standard InChI is InChI=1S/C14H23N5O7S/c20-12(7-9-3-5-15-6-4-9)16-17-13(21)11-2-1-10-8-18(11)14(22)19(10)26-27(23,24)25/h9-11,15H,1-8H2,(H,16,20)(H,17,21)(H,23,24,25)/t10?,11-/m0/s1. The SMILES string of the molecule is O=C(CC1CCNCC1)NNC(=O)[C@@H]1CCC2CN1C(=O)N2OS(=O)(=O)O. The number of carbonyl (C=O) groups excluding carboxylic acids is 3. The van der Waals surface area contributed by atoms with Gasteiger partial charge in [0.05, 0.1) is 6.04 Å². The average molecular weight is 405 g/mol. The van der Waals surface area contributed by atoms with Gasteiger partial charge >= 0.3 is 16.4 Å². The van der Waals surface area contributed by atoms with Crippen LogP contribution in [0.2, 0.25) is 0 Å². The topological polar surface area (TPSA) is 157 Å². The molecule has 12 nitrogen and oxygen atoms in total. The summed E-state index contributed by atoms with van der Waals surface area (Å²) in [7, 11) is -4.84. The summed E-state index contributed by atoms with van der Waals surface area (Å²) in [6.07, 6.45) is 2.71. The molecule has 3 aliphatic rings. The molecule has 2 atom stereocenters. The molecule has 0 radical (unpaired) electrons. The average Bonchev–Trinajstić information content (AvgIpc) is 2.84. The number of nitrogens with one attached hydrogen (secondary N) is 3. The van der Waals surface area contributed by atoms with Gasteiger partial charge in [0, 0.05) is 13.0 Å². The molecule has 0 saturated carbocycles. The summed E-state index contributed by atoms with van der Waals surface area (Å²) in [5, 5.41) is 3.78. The highest BCUT2D eigenvalue weighted by molar-refractivity contribution is 7.80. The number of hydrazine groups is 1. The minimum atomic E-state index is -4.84. The summed E-state index contributed by atoms with van der Waals surface area (Å²) in [5.74, 6) is -0.591. The number of hydrogen-bond donors (Lipinski definition) is 4. The fourth-order valence-corrected chi connectivity index (χ4v) is 4.11. The van der Waals surface area contributed by atoms with E-state index in [1.54, 1.807) is 0 Å². The second kappa shape index (κ2) is 7.96. The lowest BCUT2D eigenvalue weighted by molar-refractivity contribution is -0.132. The molecular weight excluding hydrogens is 382 g/mol. The van der Waals surface area contributed by atoms with Gasteiger partial charge in [0.1, 0.15) is 6.04 Å². The number of hydroxylamine groups is 2. The van der Waals surface area contributed by atoms with Gasteiger partial charge in [-0.3, -0.25) is 25.0 Å². The summed E-state index contributed by atoms with van der Waals surface area (Å²) in [6, 6.07) is -2.25. The van der Waals surface area contributed by atoms with E-state index in [1.165, 1.54) is 0 Å². The lowest BCUT2D eigenvalue weighted by atomic mass is 9.94. The van der Waals surface area contributed by atoms with Crippen molar-refractivity contribution in [2.24, 2.45) is 5.92 Å². The largest absolute Gasteiger partial charge is 0.418 e. The lowest BCUT2D eigenvalue weighted by Crippen LogP contribution is -2.54. The van der Waals surface area contributed by atoms with Crippen molar-refractivity contribution >= 4 is 28.2 Å². The predicted octanol–water partition coefficient (Wildman–Crippen LogP) is -1.47. The summed E-state index contributed by atoms with van der Waals surface area (Å²) < 4.78 is 34.8. The number of fused-ring (bicyclic) bond motifs is 2. The van der Waals surface area contributed by atoms with E-state index in [2.05, 4.69) is 20.5 Å². The molecule has 13 heteroatoms. The molecule has 1 unspecified atom stereocenters. The van der Waals surface area contributed by atoms with Crippen LogP contribution in [0, 0.1) is 5.92 Å². The third-order valence-electron chi connectivity index (χ3n) is 5.06. The molecule has 0 spiro atoms. The van der Waals surface area contributed by atoms with Crippen LogP contribution in [0.4, 0.5) is 4.79 Å². The van der Waals surface area contributed by atoms with E-state index in [-0.39, 0.29) is 24.8 Å². The number of nitrogens with zero attached hydrogens (tertiary/aromatic N) is 2. The van der Waals surface area contributed by atoms with Gasteiger partial charge in [0.15, 0.2) is 0 Å². The molecule has 3 heterocycles. The second-order valence-corrected chi connectivity index (χ2v) is 7.95. The van der Waals surface area contributed by atoms with Crippen LogP contribution in [0.15, 0.2) is 0 Å². The summed E-state index contributed by atoms with van der Waals surface area (Å²) >= 11 is 0. The molecule has 0 aromatic carbocycles. The second-order valence-electron chi connectivity index (χ2n) is 6.94. The number of rotatable bonds is 5. The number of urea groups is 1. The van der Waals surface area contributed by atoms with E-state index in [0.29, 0.717) is 17.9 Å². The van der Waals surface area contributed by atoms with E-state index in [1.807, 2.05) is 0 Å². The highest BCUT2D eigenvalue weighted by Crippen LogP contribution is 2.30. The summed E-state index contributed by atoms with van der Waals surface area (Å²) in [6.45, 7) is 1.83. The number of hydrogen-bond acceptors (Lipinski definition) is 7. The highest BCUT2D eigenvalue weighted by atomic mass is 32.3. The quantitative estimate of drug-likeness (QED) is 0.319. The Hall–Kier alpha value is -1.96. The zero-order chi connectivity index (χ0) is 19.6. The molecule has 3 fully saturated rings. The molecule has 0 aromatic rings. The first-order valence-electron chi connectivity index (χ1n) is 8.81. The van der Waals surface area contributed by atoms with Gasteiger partial charge in [-0.25, -0.2) is 4.79 Å². The van der Waals surface area contributed by atoms with Gasteiger partial charge in [-0.15, -0.1) is 4.28 Å². The molecule has 4 amide bonds. The predicted molar refractivity (Wildman–Crippen MR) is 89.9 cm³/mol. The highest BCUT2D eigenvalue weighted by Gasteiger charge is 2.49. The van der Waals surface area contributed by atoms with Crippen LogP contribution in [-0.2, 0) is 24.3 Å². The molecule has 2 bridgehead atoms. The first kappa shape index (κ1) is 19.8. The van der Waals surface area contributed by atoms with Crippen molar-refractivity contribution < 1.29 is 31.6 Å². The minimum absolute atomic E-state index is 0.0927. The summed E-state index contributed by atoms with van der Waals surface area (Å²) in [5.41, 5.74) is 4.71. The molecule has 27 heavy (non-hydrogen) atoms. The maximum Gasteiger partial charge on any atom is 0.418 e. The molecule has 4 N–H and O–H groups in total. The Kier molecular flexibility index (Phi) is 5.83. The van der Waals surface area contributed by atoms with Gasteiger partial charge in [0.25, 0.3) is 5.91 Å². The third kappa shape index (κ3) is 4.86. The van der Waals surface area contributed by atoms with Crippen LogP contribution < -0.4 is 16.2 Å². The fraction of sp³-hybridized carbons (Fsp3) is 0.786. The minimum Gasteiger partial charge on any atom is -0.317 e. The molecule has 0 aliphatic carbocycles. The molecule has 3 aliphatic heterocycles. The van der Waals surface area contributed by atoms with Crippen LogP contribution in [0.25, 0.3) is 0 Å². The monoisotopic (exact) mass is 405 g/mol. The van der Waals surface area contributed by atoms with Crippen LogP contribution in [-0.4, -0.2) is 72.5 Å². The van der Waals surface area contributed by atoms with Crippen molar-refractivity contribution in [1.29, 1.82) is 0 Å². The third-order valence-corrected chi connectivity index (χ3v) is 5.41. The van der Waals surface area contributed by atoms with Crippen molar-refractivity contribution in [3.8, 4) is 0 Å². The molecule has 0 aromatic heterocycles. The van der Waals surface area contributed by atoms with Crippen LogP contribution >= 0.6 is 0 Å². The van der Waals surface area contributed by atoms with E-state index < -0.39 is 34.4 Å². The van der Waals surface area contributed by atoms with Gasteiger partial charge in [-0.2, -0.15) is 13.5 Å². The van der Waals surface area contributed by atoms with Crippen molar-refractivity contribution in [3.63, 3.8) is 0 Å². The van der Waals surface area contributed by atoms with E-state index in [4.69, 9.17) is 4.55 Å². The smallest absolute Gasteiger partial charge is 0.317 e. The van der Waals surface area contributed by atoms with Gasteiger partial charge in [-0.1, -0.05) is 0 Å². The van der Waals surface area contributed by atoms with Gasteiger partial charge in [-0.05, 0) is 44.7 Å². The number of carbonyl (C=O) groups is 3. The van der Waals surface area contributed by atoms with E-state index in [0.717, 1.165) is 30.8 Å². The summed E-state index contributed by atoms with van der Waals surface area (Å²) in [4.78, 5) is 37.8. The molecule has 3 saturated heterocycles. The Morgan fingerprint density at radius 2 is 1.89 bits per heavy atom. The van der Waals surface area contributed by atoms with Gasteiger partial charge < -0.3 is 10.2 Å². The molecule has 152 valence electrons. The Morgan fingerprint density at radius 3 is 2.56 bits per heavy atom. The Balaban J connectivity index is 1.50. The van der Waals surface area contributed by atoms with Crippen molar-refractivity contribution in [1.82, 2.24) is 26.1 Å². The maximum atomic E-state index is 12.4. The Bertz CT molecular complexity index is 709. The zero-order valence-corrected chi connectivity index (χ0v) is 15.4. The lowest BCUT2D eigenvalue weighted by Gasteiger charge is -2.29. The fourth-order valence-electron chi connectivity index (χ4n) is 3.72. The normalized spacial score (nSPS) is 26.2. The first-order valence-corrected chi connectivity index (χ1v) is 10.2. The molecule has 3 rings (SSSR count). The van der Waals surface area contributed by atoms with E-state index >= 15 is 0 Å². The van der Waals surface area contributed by atoms with Crippen molar-refractivity contribution in [2.75, 3.05) is 19.6 Å². The van der Waals surface area contributed by atoms with Crippen LogP contribution in [0.3, 0.4) is 0 Å². The maximum absolute atomic E-state index is 12.4.